The van der Waals surface area contributed by atoms with Gasteiger partial charge in [-0.05, 0) is 0 Å². The first-order chi connectivity index (χ1) is 5.27. The number of anilines is 1. The van der Waals surface area contributed by atoms with E-state index in [1.807, 2.05) is 11.9 Å². The van der Waals surface area contributed by atoms with Gasteiger partial charge in [-0.2, -0.15) is 0 Å². The molecule has 11 heavy (non-hydrogen) atoms. The third-order valence-electron chi connectivity index (χ3n) is 1.88. The highest BCUT2D eigenvalue weighted by Gasteiger charge is 2.26. The van der Waals surface area contributed by atoms with E-state index in [1.54, 1.807) is 10.9 Å². The number of rotatable bonds is 1. The van der Waals surface area contributed by atoms with Gasteiger partial charge in [-0.25, -0.2) is 4.68 Å². The number of aromatic nitrogens is 3. The van der Waals surface area contributed by atoms with Crippen LogP contribution in [0.15, 0.2) is 6.20 Å². The molecule has 5 nitrogen and oxygen atoms in total. The summed E-state index contributed by atoms with van der Waals surface area (Å²) in [6.45, 7) is 1.39. The predicted molar refractivity (Wildman–Crippen MR) is 39.2 cm³/mol. The molecule has 1 N–H and O–H groups in total. The Morgan fingerprint density at radius 2 is 2.36 bits per heavy atom. The van der Waals surface area contributed by atoms with E-state index in [0.717, 1.165) is 5.82 Å². The van der Waals surface area contributed by atoms with E-state index < -0.39 is 0 Å². The lowest BCUT2D eigenvalue weighted by atomic mass is 10.2. The normalized spacial score (nSPS) is 18.5. The van der Waals surface area contributed by atoms with Gasteiger partial charge < -0.3 is 10.0 Å². The third-order valence-corrected chi connectivity index (χ3v) is 1.88. The zero-order valence-corrected chi connectivity index (χ0v) is 6.30. The smallest absolute Gasteiger partial charge is 0.147 e. The minimum absolute atomic E-state index is 0.176. The van der Waals surface area contributed by atoms with Crippen LogP contribution in [0.5, 0.6) is 0 Å². The van der Waals surface area contributed by atoms with Crippen LogP contribution in [0.25, 0.3) is 0 Å². The summed E-state index contributed by atoms with van der Waals surface area (Å²) in [7, 11) is 1.84. The summed E-state index contributed by atoms with van der Waals surface area (Å²) in [5.41, 5.74) is 0. The van der Waals surface area contributed by atoms with Gasteiger partial charge in [0.2, 0.25) is 0 Å². The fraction of sp³-hybridized carbons (Fsp3) is 0.667. The molecule has 0 amide bonds. The first-order valence-electron chi connectivity index (χ1n) is 3.55. The zero-order chi connectivity index (χ0) is 7.84. The lowest BCUT2D eigenvalue weighted by Crippen LogP contribution is -2.51. The van der Waals surface area contributed by atoms with Crippen LogP contribution < -0.4 is 4.90 Å². The van der Waals surface area contributed by atoms with E-state index >= 15 is 0 Å². The van der Waals surface area contributed by atoms with E-state index in [0.29, 0.717) is 13.1 Å². The molecule has 1 aromatic rings. The summed E-state index contributed by atoms with van der Waals surface area (Å²) < 4.78 is 1.70. The van der Waals surface area contributed by atoms with E-state index in [1.165, 1.54) is 0 Å². The lowest BCUT2D eigenvalue weighted by Gasteiger charge is -2.36. The van der Waals surface area contributed by atoms with Gasteiger partial charge in [-0.3, -0.25) is 0 Å². The lowest BCUT2D eigenvalue weighted by molar-refractivity contribution is 0.140. The van der Waals surface area contributed by atoms with Crippen LogP contribution >= 0.6 is 0 Å². The number of hydrogen-bond acceptors (Lipinski definition) is 4. The van der Waals surface area contributed by atoms with Crippen molar-refractivity contribution in [3.63, 3.8) is 0 Å². The maximum absolute atomic E-state index is 9.02. The Labute approximate surface area is 64.2 Å². The molecule has 0 atom stereocenters. The predicted octanol–water partition coefficient (Wildman–Crippen LogP) is -1.00. The Morgan fingerprint density at radius 3 is 2.82 bits per heavy atom. The highest BCUT2D eigenvalue weighted by Crippen LogP contribution is 2.17. The average molecular weight is 154 g/mol. The van der Waals surface area contributed by atoms with E-state index in [4.69, 9.17) is 5.11 Å². The molecule has 1 saturated heterocycles. The molecule has 0 radical (unpaired) electrons. The minimum Gasteiger partial charge on any atom is -0.389 e. The molecule has 0 spiro atoms. The first-order valence-corrected chi connectivity index (χ1v) is 3.55. The molecule has 0 bridgehead atoms. The van der Waals surface area contributed by atoms with Gasteiger partial charge in [-0.1, -0.05) is 5.21 Å². The summed E-state index contributed by atoms with van der Waals surface area (Å²) >= 11 is 0. The van der Waals surface area contributed by atoms with E-state index in [-0.39, 0.29) is 6.10 Å². The third kappa shape index (κ3) is 0.970. The van der Waals surface area contributed by atoms with Crippen molar-refractivity contribution in [1.29, 1.82) is 0 Å². The molecule has 0 unspecified atom stereocenters. The first kappa shape index (κ1) is 6.60. The van der Waals surface area contributed by atoms with Gasteiger partial charge in [-0.15, -0.1) is 5.10 Å². The summed E-state index contributed by atoms with van der Waals surface area (Å²) in [6.07, 6.45) is 1.52. The van der Waals surface area contributed by atoms with Crippen molar-refractivity contribution in [3.8, 4) is 0 Å². The van der Waals surface area contributed by atoms with Gasteiger partial charge in [0, 0.05) is 20.1 Å². The number of aliphatic hydroxyl groups excluding tert-OH is 1. The van der Waals surface area contributed by atoms with Crippen LogP contribution in [0.1, 0.15) is 0 Å². The Morgan fingerprint density at radius 1 is 1.64 bits per heavy atom. The van der Waals surface area contributed by atoms with Crippen molar-refractivity contribution in [2.75, 3.05) is 18.0 Å². The molecule has 60 valence electrons. The number of hydrogen-bond donors (Lipinski definition) is 1. The van der Waals surface area contributed by atoms with Crippen LogP contribution in [-0.4, -0.2) is 39.3 Å². The fourth-order valence-electron chi connectivity index (χ4n) is 1.21. The topological polar surface area (TPSA) is 54.2 Å². The van der Waals surface area contributed by atoms with Crippen molar-refractivity contribution >= 4 is 5.82 Å². The van der Waals surface area contributed by atoms with Gasteiger partial charge in [0.25, 0.3) is 0 Å². The molecule has 1 fully saturated rings. The number of aryl methyl sites for hydroxylation is 1. The molecule has 5 heteroatoms. The highest BCUT2D eigenvalue weighted by atomic mass is 16.3. The average Bonchev–Trinajstić information content (AvgIpc) is 2.29. The van der Waals surface area contributed by atoms with Crippen molar-refractivity contribution < 1.29 is 5.11 Å². The Balaban J connectivity index is 2.12. The Hall–Kier alpha value is -1.10. The van der Waals surface area contributed by atoms with Crippen LogP contribution in [0, 0.1) is 0 Å². The van der Waals surface area contributed by atoms with Crippen molar-refractivity contribution in [2.24, 2.45) is 7.05 Å². The summed E-state index contributed by atoms with van der Waals surface area (Å²) in [5, 5.41) is 16.5. The molecule has 2 heterocycles. The fourth-order valence-corrected chi connectivity index (χ4v) is 1.21. The highest BCUT2D eigenvalue weighted by molar-refractivity contribution is 5.39. The second-order valence-electron chi connectivity index (χ2n) is 2.77. The SMILES string of the molecule is Cn1nncc1N1CC(O)C1. The molecule has 1 aromatic heterocycles. The van der Waals surface area contributed by atoms with Crippen molar-refractivity contribution in [2.45, 2.75) is 6.10 Å². The standard InChI is InChI=1S/C6H10N4O/c1-9-6(2-7-8-9)10-3-5(11)4-10/h2,5,11H,3-4H2,1H3. The van der Waals surface area contributed by atoms with Crippen LogP contribution in [0.3, 0.4) is 0 Å². The molecular formula is C6H10N4O. The maximum atomic E-state index is 9.02. The van der Waals surface area contributed by atoms with E-state index in [9.17, 15) is 0 Å². The zero-order valence-electron chi connectivity index (χ0n) is 6.30. The number of β-amino-alcohol motifs (C(OH)–C–C–N with tert-alkyl or cyclic N) is 1. The number of nitrogens with zero attached hydrogens (tertiary/aromatic N) is 4. The van der Waals surface area contributed by atoms with E-state index in [2.05, 4.69) is 10.3 Å². The maximum Gasteiger partial charge on any atom is 0.147 e. The molecule has 0 saturated carbocycles. The van der Waals surface area contributed by atoms with Gasteiger partial charge in [0.1, 0.15) is 5.82 Å². The van der Waals surface area contributed by atoms with Crippen LogP contribution in [0.2, 0.25) is 0 Å². The van der Waals surface area contributed by atoms with Gasteiger partial charge in [0.15, 0.2) is 0 Å². The molecule has 0 aliphatic carbocycles. The summed E-state index contributed by atoms with van der Waals surface area (Å²) in [5.74, 6) is 0.968. The quantitative estimate of drug-likeness (QED) is 0.563. The van der Waals surface area contributed by atoms with Crippen LogP contribution in [-0.2, 0) is 7.05 Å². The van der Waals surface area contributed by atoms with Crippen molar-refractivity contribution in [3.05, 3.63) is 6.20 Å². The second-order valence-corrected chi connectivity index (χ2v) is 2.77. The Kier molecular flexibility index (Phi) is 1.32. The van der Waals surface area contributed by atoms with Crippen LogP contribution in [0.4, 0.5) is 5.82 Å². The summed E-state index contributed by atoms with van der Waals surface area (Å²) in [4.78, 5) is 2.03. The molecule has 1 aliphatic rings. The van der Waals surface area contributed by atoms with Crippen molar-refractivity contribution in [1.82, 2.24) is 15.0 Å². The largest absolute Gasteiger partial charge is 0.389 e. The monoisotopic (exact) mass is 154 g/mol. The number of aliphatic hydroxyl groups is 1. The molecule has 1 aliphatic heterocycles. The molecule has 0 aromatic carbocycles. The van der Waals surface area contributed by atoms with Gasteiger partial charge in [0.05, 0.1) is 12.3 Å². The summed E-state index contributed by atoms with van der Waals surface area (Å²) in [6, 6.07) is 0. The minimum atomic E-state index is -0.176. The van der Waals surface area contributed by atoms with Gasteiger partial charge >= 0.3 is 0 Å². The molecule has 2 rings (SSSR count). The second kappa shape index (κ2) is 2.20. The molecular weight excluding hydrogens is 144 g/mol. The Bertz CT molecular complexity index is 253.